The number of aryl methyl sites for hydroxylation is 1. The largest absolute Gasteiger partial charge is 0.416 e. The van der Waals surface area contributed by atoms with Crippen LogP contribution in [-0.2, 0) is 31.7 Å². The molecule has 0 bridgehead atoms. The van der Waals surface area contributed by atoms with Crippen molar-refractivity contribution in [3.05, 3.63) is 113 Å². The van der Waals surface area contributed by atoms with Gasteiger partial charge in [-0.2, -0.15) is 21.6 Å². The molecule has 0 aromatic heterocycles. The fourth-order valence-electron chi connectivity index (χ4n) is 4.85. The van der Waals surface area contributed by atoms with Crippen LogP contribution in [0.1, 0.15) is 46.3 Å². The Labute approximate surface area is 235 Å². The molecule has 1 fully saturated rings. The van der Waals surface area contributed by atoms with Crippen molar-refractivity contribution in [2.24, 2.45) is 5.16 Å². The number of ether oxygens (including phenoxy) is 1. The molecule has 212 valence electrons. The number of hydrogen-bond donors (Lipinski definition) is 0. The number of carbonyl (C=O) groups excluding carboxylic acids is 1. The van der Waals surface area contributed by atoms with Crippen LogP contribution in [0.25, 0.3) is 10.8 Å². The van der Waals surface area contributed by atoms with E-state index in [9.17, 15) is 26.4 Å². The van der Waals surface area contributed by atoms with Gasteiger partial charge >= 0.3 is 16.3 Å². The molecule has 0 spiro atoms. The number of rotatable bonds is 9. The van der Waals surface area contributed by atoms with Crippen LogP contribution < -0.4 is 0 Å². The number of halogens is 3. The molecule has 5 rings (SSSR count). The highest BCUT2D eigenvalue weighted by atomic mass is 32.2. The van der Waals surface area contributed by atoms with E-state index in [1.54, 1.807) is 36.4 Å². The molecule has 6 nitrogen and oxygen atoms in total. The molecule has 1 unspecified atom stereocenters. The molecule has 4 aromatic carbocycles. The highest BCUT2D eigenvalue weighted by Gasteiger charge is 2.31. The third kappa shape index (κ3) is 6.49. The van der Waals surface area contributed by atoms with Crippen molar-refractivity contribution < 1.29 is 35.4 Å². The Morgan fingerprint density at radius 2 is 1.59 bits per heavy atom. The summed E-state index contributed by atoms with van der Waals surface area (Å²) in [7, 11) is -4.62. The summed E-state index contributed by atoms with van der Waals surface area (Å²) in [5, 5.41) is 5.32. The maximum atomic E-state index is 13.9. The molecule has 0 aliphatic carbocycles. The number of oxime groups is 1. The van der Waals surface area contributed by atoms with Gasteiger partial charge in [0, 0.05) is 17.7 Å². The number of carbonyl (C=O) groups is 1. The van der Waals surface area contributed by atoms with Crippen LogP contribution in [-0.4, -0.2) is 32.6 Å². The highest BCUT2D eigenvalue weighted by Crippen LogP contribution is 2.30. The average molecular weight is 582 g/mol. The van der Waals surface area contributed by atoms with Gasteiger partial charge in [-0.05, 0) is 66.3 Å². The van der Waals surface area contributed by atoms with Gasteiger partial charge in [0.25, 0.3) is 0 Å². The second kappa shape index (κ2) is 11.8. The van der Waals surface area contributed by atoms with Crippen LogP contribution in [0, 0.1) is 0 Å². The van der Waals surface area contributed by atoms with Crippen molar-refractivity contribution in [3.63, 3.8) is 0 Å². The molecule has 0 saturated carbocycles. The van der Waals surface area contributed by atoms with E-state index in [2.05, 4.69) is 5.16 Å². The first-order valence-corrected chi connectivity index (χ1v) is 14.5. The Morgan fingerprint density at radius 3 is 2.24 bits per heavy atom. The maximum Gasteiger partial charge on any atom is 0.416 e. The Morgan fingerprint density at radius 1 is 0.902 bits per heavy atom. The van der Waals surface area contributed by atoms with Crippen LogP contribution >= 0.6 is 0 Å². The standard InChI is InChI=1S/C31H26F3NO5S/c32-31(33,34)23-14-17-25(18-15-23)41(37,38)40-35-29(22-7-2-1-3-8-22)30(36)28-19-13-21(12-16-24-9-6-20-39-24)26-10-4-5-11-27(26)28/h1-5,7-8,10-11,13-15,17-19,24H,6,9,12,16,20H2/b35-29+. The van der Waals surface area contributed by atoms with Crippen LogP contribution in [0.4, 0.5) is 13.2 Å². The predicted molar refractivity (Wildman–Crippen MR) is 148 cm³/mol. The topological polar surface area (TPSA) is 82.0 Å². The minimum atomic E-state index is -4.63. The molecule has 1 heterocycles. The van der Waals surface area contributed by atoms with E-state index in [1.807, 2.05) is 30.3 Å². The number of alkyl halides is 3. The van der Waals surface area contributed by atoms with E-state index in [1.165, 1.54) is 0 Å². The molecule has 1 atom stereocenters. The van der Waals surface area contributed by atoms with Crippen molar-refractivity contribution >= 4 is 32.4 Å². The molecule has 0 N–H and O–H groups in total. The normalized spacial score (nSPS) is 16.2. The van der Waals surface area contributed by atoms with Gasteiger partial charge in [0.05, 0.1) is 11.7 Å². The first-order valence-electron chi connectivity index (χ1n) is 13.0. The zero-order valence-corrected chi connectivity index (χ0v) is 22.6. The van der Waals surface area contributed by atoms with Gasteiger partial charge in [-0.25, -0.2) is 0 Å². The molecule has 1 aliphatic rings. The number of Topliss-reactive ketones (excluding diaryl/α,β-unsaturated/α-hetero) is 1. The quantitative estimate of drug-likeness (QED) is 0.121. The Hall–Kier alpha value is -4.02. The first kappa shape index (κ1) is 28.5. The molecule has 1 saturated heterocycles. The SMILES string of the molecule is O=C(/C(=N/OS(=O)(=O)c1ccc(C(F)(F)F)cc1)c1ccccc1)c1ccc(CCC2CCCO2)c2ccccc12. The predicted octanol–water partition coefficient (Wildman–Crippen LogP) is 6.96. The fourth-order valence-corrected chi connectivity index (χ4v) is 5.58. The lowest BCUT2D eigenvalue weighted by atomic mass is 9.91. The second-order valence-corrected chi connectivity index (χ2v) is 11.2. The summed E-state index contributed by atoms with van der Waals surface area (Å²) >= 11 is 0. The van der Waals surface area contributed by atoms with Crippen LogP contribution in [0.2, 0.25) is 0 Å². The van der Waals surface area contributed by atoms with Crippen molar-refractivity contribution in [3.8, 4) is 0 Å². The molecule has 4 aromatic rings. The summed E-state index contributed by atoms with van der Waals surface area (Å²) in [6.45, 7) is 0.775. The third-order valence-electron chi connectivity index (χ3n) is 6.98. The lowest BCUT2D eigenvalue weighted by Crippen LogP contribution is -2.18. The summed E-state index contributed by atoms with van der Waals surface area (Å²) < 4.78 is 75.0. The Balaban J connectivity index is 1.48. The lowest BCUT2D eigenvalue weighted by Gasteiger charge is -2.14. The van der Waals surface area contributed by atoms with E-state index >= 15 is 0 Å². The number of benzene rings is 4. The first-order chi connectivity index (χ1) is 19.6. The molecule has 1 aliphatic heterocycles. The van der Waals surface area contributed by atoms with Gasteiger partial charge in [-0.3, -0.25) is 9.08 Å². The molecular formula is C31H26F3NO5S. The number of fused-ring (bicyclic) bond motifs is 1. The van der Waals surface area contributed by atoms with Crippen molar-refractivity contribution in [1.29, 1.82) is 0 Å². The van der Waals surface area contributed by atoms with Gasteiger partial charge in [0.15, 0.2) is 5.71 Å². The number of ketones is 1. The smallest absolute Gasteiger partial charge is 0.378 e. The molecule has 10 heteroatoms. The number of hydrogen-bond acceptors (Lipinski definition) is 6. The molecular weight excluding hydrogens is 555 g/mol. The van der Waals surface area contributed by atoms with E-state index in [0.717, 1.165) is 55.4 Å². The zero-order valence-electron chi connectivity index (χ0n) is 21.8. The monoisotopic (exact) mass is 581 g/mol. The molecule has 41 heavy (non-hydrogen) atoms. The Kier molecular flexibility index (Phi) is 8.23. The van der Waals surface area contributed by atoms with E-state index in [4.69, 9.17) is 9.02 Å². The summed E-state index contributed by atoms with van der Waals surface area (Å²) in [5.41, 5.74) is 0.405. The summed E-state index contributed by atoms with van der Waals surface area (Å²) in [5.74, 6) is -0.569. The number of nitrogens with zero attached hydrogens (tertiary/aromatic N) is 1. The zero-order chi connectivity index (χ0) is 29.0. The minimum Gasteiger partial charge on any atom is -0.378 e. The van der Waals surface area contributed by atoms with Crippen LogP contribution in [0.5, 0.6) is 0 Å². The lowest BCUT2D eigenvalue weighted by molar-refractivity contribution is -0.137. The highest BCUT2D eigenvalue weighted by molar-refractivity contribution is 7.86. The van der Waals surface area contributed by atoms with Crippen molar-refractivity contribution in [2.75, 3.05) is 6.61 Å². The van der Waals surface area contributed by atoms with E-state index in [0.29, 0.717) is 28.6 Å². The third-order valence-corrected chi connectivity index (χ3v) is 8.10. The van der Waals surface area contributed by atoms with Gasteiger partial charge in [-0.1, -0.05) is 71.9 Å². The second-order valence-electron chi connectivity index (χ2n) is 9.68. The molecule has 0 radical (unpaired) electrons. The van der Waals surface area contributed by atoms with E-state index < -0.39 is 32.5 Å². The van der Waals surface area contributed by atoms with Gasteiger partial charge in [0.2, 0.25) is 5.78 Å². The van der Waals surface area contributed by atoms with Gasteiger partial charge in [0.1, 0.15) is 4.90 Å². The molecule has 0 amide bonds. The van der Waals surface area contributed by atoms with Crippen molar-refractivity contribution in [2.45, 2.75) is 42.9 Å². The summed E-state index contributed by atoms with van der Waals surface area (Å²) in [6.07, 6.45) is -0.692. The van der Waals surface area contributed by atoms with Gasteiger partial charge < -0.3 is 4.74 Å². The summed E-state index contributed by atoms with van der Waals surface area (Å²) in [4.78, 5) is 13.4. The Bertz CT molecular complexity index is 1680. The van der Waals surface area contributed by atoms with E-state index in [-0.39, 0.29) is 11.8 Å². The van der Waals surface area contributed by atoms with Crippen LogP contribution in [0.3, 0.4) is 0 Å². The van der Waals surface area contributed by atoms with Crippen molar-refractivity contribution in [1.82, 2.24) is 0 Å². The fraction of sp³-hybridized carbons (Fsp3) is 0.226. The van der Waals surface area contributed by atoms with Crippen LogP contribution in [0.15, 0.2) is 101 Å². The average Bonchev–Trinajstić information content (AvgIpc) is 3.50. The maximum absolute atomic E-state index is 13.9. The summed E-state index contributed by atoms with van der Waals surface area (Å²) in [6, 6.07) is 22.1. The van der Waals surface area contributed by atoms with Gasteiger partial charge in [-0.15, -0.1) is 0 Å². The minimum absolute atomic E-state index is 0.218.